The highest BCUT2D eigenvalue weighted by Crippen LogP contribution is 2.72. The lowest BCUT2D eigenvalue weighted by Gasteiger charge is -2.27. The van der Waals surface area contributed by atoms with Crippen LogP contribution in [0, 0.1) is 59.2 Å². The van der Waals surface area contributed by atoms with Crippen molar-refractivity contribution >= 4 is 0 Å². The van der Waals surface area contributed by atoms with Crippen LogP contribution in [0.3, 0.4) is 0 Å². The molecule has 0 saturated heterocycles. The molecule has 0 atom stereocenters. The van der Waals surface area contributed by atoms with Gasteiger partial charge in [0.05, 0.1) is 0 Å². The van der Waals surface area contributed by atoms with Gasteiger partial charge in [0.1, 0.15) is 0 Å². The Morgan fingerprint density at radius 3 is 0.500 bits per heavy atom. The minimum atomic E-state index is 1.20. The van der Waals surface area contributed by atoms with Crippen molar-refractivity contribution in [3.05, 3.63) is 0 Å². The third kappa shape index (κ3) is 1.72. The van der Waals surface area contributed by atoms with Gasteiger partial charge < -0.3 is 0 Å². The average molecular weight is 270 g/mol. The summed E-state index contributed by atoms with van der Waals surface area (Å²) in [6.07, 6.45) is 16.2. The molecule has 0 aromatic rings. The van der Waals surface area contributed by atoms with Crippen molar-refractivity contribution in [2.75, 3.05) is 0 Å². The highest BCUT2D eigenvalue weighted by molar-refractivity contribution is 5.14. The summed E-state index contributed by atoms with van der Waals surface area (Å²) in [5.74, 6) is 12.2. The van der Waals surface area contributed by atoms with Crippen molar-refractivity contribution in [2.45, 2.75) is 64.2 Å². The molecule has 110 valence electrons. The molecule has 0 aromatic carbocycles. The SMILES string of the molecule is C1CC1C1C(C2CC2)C(C2CC2)C(C2CC2)C1C1CC1. The van der Waals surface area contributed by atoms with E-state index in [1.54, 1.807) is 64.2 Å². The Kier molecular flexibility index (Phi) is 2.22. The number of hydrogen-bond acceptors (Lipinski definition) is 0. The maximum absolute atomic E-state index is 1.62. The Bertz CT molecular complexity index is 303. The van der Waals surface area contributed by atoms with Crippen LogP contribution in [0.2, 0.25) is 0 Å². The van der Waals surface area contributed by atoms with E-state index in [1.807, 2.05) is 0 Å². The fourth-order valence-electron chi connectivity index (χ4n) is 6.83. The molecule has 6 saturated carbocycles. The quantitative estimate of drug-likeness (QED) is 0.649. The van der Waals surface area contributed by atoms with Crippen LogP contribution >= 0.6 is 0 Å². The van der Waals surface area contributed by atoms with Crippen molar-refractivity contribution < 1.29 is 0 Å². The fourth-order valence-corrected chi connectivity index (χ4v) is 6.83. The van der Waals surface area contributed by atoms with Gasteiger partial charge in [0.2, 0.25) is 0 Å². The van der Waals surface area contributed by atoms with Gasteiger partial charge in [-0.25, -0.2) is 0 Å². The van der Waals surface area contributed by atoms with Crippen molar-refractivity contribution in [3.8, 4) is 0 Å². The van der Waals surface area contributed by atoms with Crippen LogP contribution in [0.25, 0.3) is 0 Å². The molecule has 0 aliphatic heterocycles. The monoisotopic (exact) mass is 270 g/mol. The molecule has 0 bridgehead atoms. The maximum atomic E-state index is 1.62. The Labute approximate surface area is 124 Å². The van der Waals surface area contributed by atoms with Crippen molar-refractivity contribution in [2.24, 2.45) is 59.2 Å². The first-order valence-corrected chi connectivity index (χ1v) is 9.92. The first-order chi connectivity index (χ1) is 9.92. The van der Waals surface area contributed by atoms with E-state index in [1.165, 1.54) is 59.2 Å². The van der Waals surface area contributed by atoms with E-state index in [4.69, 9.17) is 0 Å². The Hall–Kier alpha value is 0. The van der Waals surface area contributed by atoms with E-state index in [-0.39, 0.29) is 0 Å². The van der Waals surface area contributed by atoms with Crippen molar-refractivity contribution in [3.63, 3.8) is 0 Å². The molecule has 0 amide bonds. The van der Waals surface area contributed by atoms with E-state index < -0.39 is 0 Å². The summed E-state index contributed by atoms with van der Waals surface area (Å²) >= 11 is 0. The first-order valence-electron chi connectivity index (χ1n) is 9.92. The molecule has 0 N–H and O–H groups in total. The molecule has 6 rings (SSSR count). The van der Waals surface area contributed by atoms with Crippen LogP contribution in [0.15, 0.2) is 0 Å². The van der Waals surface area contributed by atoms with Crippen LogP contribution in [0.4, 0.5) is 0 Å². The Morgan fingerprint density at radius 1 is 0.250 bits per heavy atom. The predicted molar refractivity (Wildman–Crippen MR) is 81.1 cm³/mol. The molecule has 0 aromatic heterocycles. The smallest absolute Gasteiger partial charge is 0.0318 e. The zero-order valence-electron chi connectivity index (χ0n) is 12.8. The van der Waals surface area contributed by atoms with Gasteiger partial charge in [-0.2, -0.15) is 0 Å². The number of rotatable bonds is 5. The zero-order valence-corrected chi connectivity index (χ0v) is 12.8. The average Bonchev–Trinajstić information content (AvgIpc) is 3.34. The molecule has 6 aliphatic carbocycles. The molecule has 0 spiro atoms. The molecule has 6 fully saturated rings. The summed E-state index contributed by atoms with van der Waals surface area (Å²) < 4.78 is 0. The van der Waals surface area contributed by atoms with E-state index in [9.17, 15) is 0 Å². The summed E-state index contributed by atoms with van der Waals surface area (Å²) in [6.45, 7) is 0. The summed E-state index contributed by atoms with van der Waals surface area (Å²) in [4.78, 5) is 0. The standard InChI is InChI=1S/C20H30/c1-2-11(1)16-17(12-3-4-12)19(14-7-8-14)20(15-9-10-15)18(16)13-5-6-13/h11-20H,1-10H2. The van der Waals surface area contributed by atoms with Crippen LogP contribution in [0.5, 0.6) is 0 Å². The van der Waals surface area contributed by atoms with Crippen LogP contribution in [-0.4, -0.2) is 0 Å². The molecular weight excluding hydrogens is 240 g/mol. The molecule has 0 nitrogen and oxygen atoms in total. The summed E-state index contributed by atoms with van der Waals surface area (Å²) in [6, 6.07) is 0. The molecular formula is C20H30. The van der Waals surface area contributed by atoms with Gasteiger partial charge >= 0.3 is 0 Å². The summed E-state index contributed by atoms with van der Waals surface area (Å²) in [7, 11) is 0. The molecule has 0 unspecified atom stereocenters. The van der Waals surface area contributed by atoms with E-state index in [0.29, 0.717) is 0 Å². The topological polar surface area (TPSA) is 0 Å². The van der Waals surface area contributed by atoms with Gasteiger partial charge in [-0.3, -0.25) is 0 Å². The minimum Gasteiger partial charge on any atom is -0.0499 e. The van der Waals surface area contributed by atoms with Crippen LogP contribution in [0.1, 0.15) is 64.2 Å². The summed E-state index contributed by atoms with van der Waals surface area (Å²) in [5.41, 5.74) is 0. The van der Waals surface area contributed by atoms with Gasteiger partial charge in [0.25, 0.3) is 0 Å². The minimum absolute atomic E-state index is 1.20. The highest BCUT2D eigenvalue weighted by Gasteiger charge is 2.65. The third-order valence-electron chi connectivity index (χ3n) is 8.05. The lowest BCUT2D eigenvalue weighted by Crippen LogP contribution is -2.23. The van der Waals surface area contributed by atoms with Gasteiger partial charge in [-0.1, -0.05) is 0 Å². The number of hydrogen-bond donors (Lipinski definition) is 0. The molecule has 0 heterocycles. The Balaban J connectivity index is 1.41. The molecule has 0 radical (unpaired) electrons. The molecule has 0 heteroatoms. The van der Waals surface area contributed by atoms with Crippen LogP contribution < -0.4 is 0 Å². The van der Waals surface area contributed by atoms with E-state index >= 15 is 0 Å². The zero-order chi connectivity index (χ0) is 12.8. The second-order valence-electron chi connectivity index (χ2n) is 9.57. The van der Waals surface area contributed by atoms with Gasteiger partial charge in [0, 0.05) is 0 Å². The van der Waals surface area contributed by atoms with Gasteiger partial charge in [-0.05, 0) is 123 Å². The van der Waals surface area contributed by atoms with Gasteiger partial charge in [0.15, 0.2) is 0 Å². The van der Waals surface area contributed by atoms with E-state index in [0.717, 1.165) is 0 Å². The highest BCUT2D eigenvalue weighted by atomic mass is 14.7. The van der Waals surface area contributed by atoms with Crippen molar-refractivity contribution in [1.29, 1.82) is 0 Å². The third-order valence-corrected chi connectivity index (χ3v) is 8.05. The van der Waals surface area contributed by atoms with Crippen LogP contribution in [-0.2, 0) is 0 Å². The Morgan fingerprint density at radius 2 is 0.400 bits per heavy atom. The maximum Gasteiger partial charge on any atom is -0.0318 e. The summed E-state index contributed by atoms with van der Waals surface area (Å²) in [5, 5.41) is 0. The molecule has 20 heavy (non-hydrogen) atoms. The fraction of sp³-hybridized carbons (Fsp3) is 1.00. The second kappa shape index (κ2) is 3.85. The van der Waals surface area contributed by atoms with E-state index in [2.05, 4.69) is 0 Å². The van der Waals surface area contributed by atoms with Crippen molar-refractivity contribution in [1.82, 2.24) is 0 Å². The lowest BCUT2D eigenvalue weighted by atomic mass is 9.78. The predicted octanol–water partition coefficient (Wildman–Crippen LogP) is 5.13. The van der Waals surface area contributed by atoms with Gasteiger partial charge in [-0.15, -0.1) is 0 Å². The normalized spacial score (nSPS) is 52.5. The molecule has 6 aliphatic rings. The second-order valence-corrected chi connectivity index (χ2v) is 9.57. The first kappa shape index (κ1) is 11.6. The largest absolute Gasteiger partial charge is 0.0499 e. The lowest BCUT2D eigenvalue weighted by molar-refractivity contribution is 0.202.